The summed E-state index contributed by atoms with van der Waals surface area (Å²) in [6, 6.07) is 8.07. The van der Waals surface area contributed by atoms with Crippen LogP contribution in [-0.2, 0) is 4.84 Å². The lowest BCUT2D eigenvalue weighted by Crippen LogP contribution is -2.07. The Balaban J connectivity index is 1.85. The van der Waals surface area contributed by atoms with Crippen molar-refractivity contribution in [1.82, 2.24) is 0 Å². The van der Waals surface area contributed by atoms with Crippen LogP contribution in [0.1, 0.15) is 41.2 Å². The second-order valence-corrected chi connectivity index (χ2v) is 7.20. The minimum Gasteiger partial charge on any atom is -0.493 e. The molecule has 162 valence electrons. The Morgan fingerprint density at radius 3 is 1.97 bits per heavy atom. The van der Waals surface area contributed by atoms with E-state index in [-0.39, 0.29) is 0 Å². The highest BCUT2D eigenvalue weighted by Gasteiger charge is 2.08. The summed E-state index contributed by atoms with van der Waals surface area (Å²) in [7, 11) is 1.54. The molecular formula is C25H33NO4. The average Bonchev–Trinajstić information content (AvgIpc) is 2.69. The van der Waals surface area contributed by atoms with Crippen molar-refractivity contribution in [3.05, 3.63) is 64.2 Å². The van der Waals surface area contributed by atoms with Gasteiger partial charge in [0.05, 0.1) is 19.4 Å². The van der Waals surface area contributed by atoms with Gasteiger partial charge in [0, 0.05) is 12.0 Å². The Labute approximate surface area is 180 Å². The summed E-state index contributed by atoms with van der Waals surface area (Å²) in [6.45, 7) is 11.9. The molecule has 0 fully saturated rings. The molecule has 0 aliphatic heterocycles. The first kappa shape index (κ1) is 23.3. The van der Waals surface area contributed by atoms with Crippen molar-refractivity contribution in [3.63, 3.8) is 0 Å². The maximum atomic E-state index is 6.02. The van der Waals surface area contributed by atoms with Crippen molar-refractivity contribution >= 4 is 6.21 Å². The molecule has 2 aromatic rings. The molecule has 30 heavy (non-hydrogen) atoms. The predicted molar refractivity (Wildman–Crippen MR) is 122 cm³/mol. The second-order valence-electron chi connectivity index (χ2n) is 7.20. The molecule has 0 bridgehead atoms. The number of rotatable bonds is 11. The number of oxime groups is 1. The SMILES string of the molecule is C/C=C/COc1cc(C)c(OCCCOc2cc(C)c(/C=N/OC)c(C)c2)c(C)c1. The van der Waals surface area contributed by atoms with Crippen molar-refractivity contribution < 1.29 is 19.0 Å². The molecule has 0 saturated heterocycles. The monoisotopic (exact) mass is 411 g/mol. The fraction of sp³-hybridized carbons (Fsp3) is 0.400. The fourth-order valence-electron chi connectivity index (χ4n) is 3.21. The van der Waals surface area contributed by atoms with E-state index >= 15 is 0 Å². The van der Waals surface area contributed by atoms with E-state index < -0.39 is 0 Å². The van der Waals surface area contributed by atoms with Crippen LogP contribution in [0, 0.1) is 27.7 Å². The molecule has 2 aromatic carbocycles. The third kappa shape index (κ3) is 6.83. The van der Waals surface area contributed by atoms with E-state index in [1.165, 1.54) is 7.11 Å². The van der Waals surface area contributed by atoms with Gasteiger partial charge < -0.3 is 19.0 Å². The van der Waals surface area contributed by atoms with Gasteiger partial charge in [0.15, 0.2) is 0 Å². The number of hydrogen-bond acceptors (Lipinski definition) is 5. The summed E-state index contributed by atoms with van der Waals surface area (Å²) in [5, 5.41) is 3.85. The molecule has 0 aliphatic carbocycles. The van der Waals surface area contributed by atoms with Crippen LogP contribution in [0.15, 0.2) is 41.6 Å². The van der Waals surface area contributed by atoms with Crippen LogP contribution in [-0.4, -0.2) is 33.1 Å². The molecule has 0 radical (unpaired) electrons. The largest absolute Gasteiger partial charge is 0.493 e. The Hall–Kier alpha value is -2.95. The van der Waals surface area contributed by atoms with E-state index in [2.05, 4.69) is 5.16 Å². The molecule has 0 unspecified atom stereocenters. The number of nitrogens with zero attached hydrogens (tertiary/aromatic N) is 1. The highest BCUT2D eigenvalue weighted by molar-refractivity contribution is 5.83. The van der Waals surface area contributed by atoms with Crippen LogP contribution in [0.3, 0.4) is 0 Å². The standard InChI is InChI=1S/C25H33NO4/c1-7-8-10-28-23-15-20(4)25(21(5)16-23)30-12-9-11-29-22-13-18(2)24(17-26-27-6)19(3)14-22/h7-8,13-17H,9-12H2,1-6H3/b8-7+,26-17+. The zero-order valence-corrected chi connectivity index (χ0v) is 19.0. The van der Waals surface area contributed by atoms with Gasteiger partial charge in [-0.25, -0.2) is 0 Å². The molecule has 0 heterocycles. The van der Waals surface area contributed by atoms with Gasteiger partial charge in [-0.05, 0) is 81.1 Å². The summed E-state index contributed by atoms with van der Waals surface area (Å²) in [5.41, 5.74) is 5.41. The zero-order valence-electron chi connectivity index (χ0n) is 19.0. The van der Waals surface area contributed by atoms with Crippen LogP contribution in [0.2, 0.25) is 0 Å². The van der Waals surface area contributed by atoms with Crippen LogP contribution in [0.4, 0.5) is 0 Å². The number of ether oxygens (including phenoxy) is 3. The third-order valence-corrected chi connectivity index (χ3v) is 4.67. The molecule has 0 atom stereocenters. The molecule has 0 aromatic heterocycles. The lowest BCUT2D eigenvalue weighted by Gasteiger charge is -2.15. The van der Waals surface area contributed by atoms with Gasteiger partial charge in [-0.3, -0.25) is 0 Å². The molecule has 5 heteroatoms. The first-order valence-corrected chi connectivity index (χ1v) is 10.2. The number of aryl methyl sites for hydroxylation is 4. The van der Waals surface area contributed by atoms with Crippen molar-refractivity contribution in [2.24, 2.45) is 5.16 Å². The van der Waals surface area contributed by atoms with E-state index in [1.54, 1.807) is 6.21 Å². The van der Waals surface area contributed by atoms with Crippen LogP contribution in [0.5, 0.6) is 17.2 Å². The maximum absolute atomic E-state index is 6.02. The molecule has 0 spiro atoms. The van der Waals surface area contributed by atoms with Crippen LogP contribution >= 0.6 is 0 Å². The molecule has 0 N–H and O–H groups in total. The molecule has 0 aliphatic rings. The summed E-state index contributed by atoms with van der Waals surface area (Å²) in [6.07, 6.45) is 6.48. The zero-order chi connectivity index (χ0) is 21.9. The van der Waals surface area contributed by atoms with E-state index in [1.807, 2.05) is 71.0 Å². The lowest BCUT2D eigenvalue weighted by molar-refractivity contribution is 0.215. The Morgan fingerprint density at radius 2 is 1.37 bits per heavy atom. The fourth-order valence-corrected chi connectivity index (χ4v) is 3.21. The lowest BCUT2D eigenvalue weighted by atomic mass is 10.0. The van der Waals surface area contributed by atoms with Gasteiger partial charge in [0.25, 0.3) is 0 Å². The van der Waals surface area contributed by atoms with E-state index in [0.717, 1.165) is 51.5 Å². The number of benzene rings is 2. The maximum Gasteiger partial charge on any atom is 0.125 e. The van der Waals surface area contributed by atoms with Crippen molar-refractivity contribution in [2.45, 2.75) is 41.0 Å². The van der Waals surface area contributed by atoms with E-state index in [9.17, 15) is 0 Å². The van der Waals surface area contributed by atoms with Gasteiger partial charge in [0.2, 0.25) is 0 Å². The number of allylic oxidation sites excluding steroid dienone is 1. The summed E-state index contributed by atoms with van der Waals surface area (Å²) in [4.78, 5) is 4.77. The van der Waals surface area contributed by atoms with Gasteiger partial charge in [0.1, 0.15) is 31.0 Å². The van der Waals surface area contributed by atoms with Crippen molar-refractivity contribution in [3.8, 4) is 17.2 Å². The van der Waals surface area contributed by atoms with Crippen LogP contribution < -0.4 is 14.2 Å². The topological polar surface area (TPSA) is 49.3 Å². The smallest absolute Gasteiger partial charge is 0.125 e. The molecule has 2 rings (SSSR count). The van der Waals surface area contributed by atoms with Gasteiger partial charge >= 0.3 is 0 Å². The highest BCUT2D eigenvalue weighted by atomic mass is 16.6. The summed E-state index contributed by atoms with van der Waals surface area (Å²) >= 11 is 0. The van der Waals surface area contributed by atoms with Crippen molar-refractivity contribution in [2.75, 3.05) is 26.9 Å². The Kier molecular flexibility index (Phi) is 9.26. The average molecular weight is 412 g/mol. The quantitative estimate of drug-likeness (QED) is 0.206. The first-order valence-electron chi connectivity index (χ1n) is 10.2. The minimum absolute atomic E-state index is 0.575. The van der Waals surface area contributed by atoms with Crippen molar-refractivity contribution in [1.29, 1.82) is 0 Å². The van der Waals surface area contributed by atoms with Gasteiger partial charge in [-0.2, -0.15) is 0 Å². The van der Waals surface area contributed by atoms with Gasteiger partial charge in [-0.1, -0.05) is 17.3 Å². The summed E-state index contributed by atoms with van der Waals surface area (Å²) < 4.78 is 17.7. The second kappa shape index (κ2) is 11.9. The molecule has 0 saturated carbocycles. The van der Waals surface area contributed by atoms with E-state index in [4.69, 9.17) is 19.0 Å². The number of hydrogen-bond donors (Lipinski definition) is 0. The predicted octanol–water partition coefficient (Wildman–Crippen LogP) is 5.70. The van der Waals surface area contributed by atoms with Crippen LogP contribution in [0.25, 0.3) is 0 Å². The molecule has 0 amide bonds. The normalized spacial score (nSPS) is 11.3. The first-order chi connectivity index (χ1) is 14.5. The summed E-state index contributed by atoms with van der Waals surface area (Å²) in [5.74, 6) is 2.64. The Bertz CT molecular complexity index is 841. The molecule has 5 nitrogen and oxygen atoms in total. The highest BCUT2D eigenvalue weighted by Crippen LogP contribution is 2.28. The third-order valence-electron chi connectivity index (χ3n) is 4.67. The minimum atomic E-state index is 0.575. The van der Waals surface area contributed by atoms with Gasteiger partial charge in [-0.15, -0.1) is 0 Å². The van der Waals surface area contributed by atoms with E-state index in [0.29, 0.717) is 19.8 Å². The molecular weight excluding hydrogens is 378 g/mol. The Morgan fingerprint density at radius 1 is 0.800 bits per heavy atom.